The number of anilines is 1. The number of aryl methyl sites for hydroxylation is 2. The van der Waals surface area contributed by atoms with Crippen LogP contribution < -0.4 is 4.90 Å². The Bertz CT molecular complexity index is 1620. The maximum Gasteiger partial charge on any atom is 0.254 e. The Morgan fingerprint density at radius 3 is 2.19 bits per heavy atom. The summed E-state index contributed by atoms with van der Waals surface area (Å²) < 4.78 is 0. The summed E-state index contributed by atoms with van der Waals surface area (Å²) in [6.45, 7) is 4.89. The number of hydrogen-bond donors (Lipinski definition) is 1. The highest BCUT2D eigenvalue weighted by Gasteiger charge is 2.76. The van der Waals surface area contributed by atoms with Gasteiger partial charge in [0.25, 0.3) is 11.8 Å². The van der Waals surface area contributed by atoms with Gasteiger partial charge in [-0.1, -0.05) is 39.7 Å². The normalized spacial score (nSPS) is 32.1. The monoisotopic (exact) mass is 672 g/mol. The van der Waals surface area contributed by atoms with Crippen LogP contribution >= 0.6 is 39.1 Å². The Labute approximate surface area is 260 Å². The fourth-order valence-corrected chi connectivity index (χ4v) is 8.81. The van der Waals surface area contributed by atoms with Crippen molar-refractivity contribution in [2.24, 2.45) is 17.8 Å². The quantitative estimate of drug-likeness (QED) is 0.158. The van der Waals surface area contributed by atoms with Crippen LogP contribution in [0.4, 0.5) is 5.69 Å². The molecule has 0 unspecified atom stereocenters. The number of allylic oxidation sites excluding steroid dienone is 2. The van der Waals surface area contributed by atoms with Gasteiger partial charge in [0.1, 0.15) is 5.75 Å². The maximum atomic E-state index is 14.1. The van der Waals surface area contributed by atoms with Gasteiger partial charge in [-0.15, -0.1) is 23.2 Å². The summed E-state index contributed by atoms with van der Waals surface area (Å²) in [6.07, 6.45) is 2.00. The summed E-state index contributed by atoms with van der Waals surface area (Å²) in [6, 6.07) is 9.74. The number of carbonyl (C=O) groups is 5. The van der Waals surface area contributed by atoms with Crippen LogP contribution in [0, 0.1) is 31.6 Å². The molecule has 11 heteroatoms. The van der Waals surface area contributed by atoms with Crippen LogP contribution in [0.15, 0.2) is 48.0 Å². The van der Waals surface area contributed by atoms with Gasteiger partial charge in [0.05, 0.1) is 23.0 Å². The number of ketones is 1. The number of aromatic hydroxyl groups is 1. The fraction of sp³-hybridized carbons (Fsp3) is 0.387. The lowest BCUT2D eigenvalue weighted by atomic mass is 9.56. The number of Topliss-reactive ketones (excluding diaryl/α,β-unsaturated/α-hetero) is 1. The zero-order valence-electron chi connectivity index (χ0n) is 23.0. The zero-order valence-corrected chi connectivity index (χ0v) is 26.1. The Kier molecular flexibility index (Phi) is 6.76. The van der Waals surface area contributed by atoms with Crippen molar-refractivity contribution in [1.29, 1.82) is 0 Å². The van der Waals surface area contributed by atoms with Gasteiger partial charge < -0.3 is 5.11 Å². The number of phenolic OH excluding ortho intramolecular Hbond substituents is 1. The third kappa shape index (κ3) is 3.69. The van der Waals surface area contributed by atoms with Crippen LogP contribution in [0.25, 0.3) is 0 Å². The Hall–Kier alpha value is -3.01. The van der Waals surface area contributed by atoms with Crippen molar-refractivity contribution in [2.45, 2.75) is 49.3 Å². The highest BCUT2D eigenvalue weighted by atomic mass is 79.9. The molecule has 2 heterocycles. The smallest absolute Gasteiger partial charge is 0.254 e. The lowest BCUT2D eigenvalue weighted by molar-refractivity contribution is -0.138. The predicted molar refractivity (Wildman–Crippen MR) is 160 cm³/mol. The van der Waals surface area contributed by atoms with Gasteiger partial charge in [-0.3, -0.25) is 33.8 Å². The Morgan fingerprint density at radius 2 is 1.62 bits per heavy atom. The molecule has 8 nitrogen and oxygen atoms in total. The molecular formula is C31H27BrCl2N2O6. The third-order valence-corrected chi connectivity index (χ3v) is 11.3. The summed E-state index contributed by atoms with van der Waals surface area (Å²) in [5, 5.41) is 10.5. The molecule has 4 amide bonds. The van der Waals surface area contributed by atoms with E-state index < -0.39 is 51.1 Å². The van der Waals surface area contributed by atoms with E-state index in [1.54, 1.807) is 50.2 Å². The minimum absolute atomic E-state index is 0.100. The van der Waals surface area contributed by atoms with Crippen molar-refractivity contribution >= 4 is 74.2 Å². The molecular weight excluding hydrogens is 647 g/mol. The summed E-state index contributed by atoms with van der Waals surface area (Å²) in [4.78, 5) is 65.6. The summed E-state index contributed by atoms with van der Waals surface area (Å²) in [5.41, 5.74) is 3.09. The van der Waals surface area contributed by atoms with Gasteiger partial charge in [0.2, 0.25) is 11.8 Å². The molecule has 2 saturated heterocycles. The van der Waals surface area contributed by atoms with Gasteiger partial charge in [0, 0.05) is 11.5 Å². The van der Waals surface area contributed by atoms with Gasteiger partial charge in [-0.2, -0.15) is 0 Å². The number of fused-ring (bicyclic) bond motifs is 4. The van der Waals surface area contributed by atoms with Crippen molar-refractivity contribution in [3.05, 3.63) is 70.3 Å². The molecule has 1 saturated carbocycles. The van der Waals surface area contributed by atoms with Crippen LogP contribution in [0.3, 0.4) is 0 Å². The van der Waals surface area contributed by atoms with Crippen LogP contribution in [-0.2, 0) is 19.2 Å². The number of imide groups is 2. The molecule has 0 radical (unpaired) electrons. The minimum atomic E-state index is -1.90. The Morgan fingerprint density at radius 1 is 1.00 bits per heavy atom. The first-order valence-electron chi connectivity index (χ1n) is 13.6. The second kappa shape index (κ2) is 9.76. The second-order valence-corrected chi connectivity index (χ2v) is 13.3. The first-order valence-corrected chi connectivity index (χ1v) is 15.4. The number of hydrogen-bond acceptors (Lipinski definition) is 6. The average molecular weight is 674 g/mol. The summed E-state index contributed by atoms with van der Waals surface area (Å²) in [5.74, 6) is -5.21. The molecule has 2 aromatic carbocycles. The fourth-order valence-electron chi connectivity index (χ4n) is 7.38. The Balaban J connectivity index is 1.50. The standard InChI is InChI=1S/C31H27BrCl2N2O6/c1-14-10-18(11-15(2)25(14)38)24-20-8-9-21-23(22(20)12-30(33)28(41)35(13-32)29(42)31(24,30)34)27(40)36(26(21)39)19-6-4-17(5-7-19)16(3)37/h4-8,10-11,21-24,38H,9,12-13H2,1-3H3/t21-,22+,23-,24-,30+,31-/m0/s1. The summed E-state index contributed by atoms with van der Waals surface area (Å²) >= 11 is 17.7. The van der Waals surface area contributed by atoms with E-state index in [2.05, 4.69) is 15.9 Å². The van der Waals surface area contributed by atoms with E-state index in [0.29, 0.717) is 33.5 Å². The molecule has 3 fully saturated rings. The van der Waals surface area contributed by atoms with Crippen LogP contribution in [0.5, 0.6) is 5.75 Å². The van der Waals surface area contributed by atoms with Crippen molar-refractivity contribution in [1.82, 2.24) is 4.90 Å². The number of alkyl halides is 3. The number of rotatable bonds is 4. The van der Waals surface area contributed by atoms with E-state index in [9.17, 15) is 29.1 Å². The van der Waals surface area contributed by atoms with Gasteiger partial charge in [-0.25, -0.2) is 0 Å². The molecule has 42 heavy (non-hydrogen) atoms. The molecule has 6 rings (SSSR count). The molecule has 6 atom stereocenters. The SMILES string of the molecule is CC(=O)c1ccc(N2C(=O)[C@H]3[C@H](CC=C4[C@H]3C[C@@]3(Cl)C(=O)N(CBr)C(=O)[C@@]3(Cl)[C@H]4c3cc(C)c(O)c(C)c3)C2=O)cc1. The van der Waals surface area contributed by atoms with E-state index in [0.717, 1.165) is 9.80 Å². The second-order valence-electron chi connectivity index (χ2n) is 11.6. The zero-order chi connectivity index (χ0) is 30.5. The molecule has 4 aliphatic rings. The largest absolute Gasteiger partial charge is 0.507 e. The van der Waals surface area contributed by atoms with Gasteiger partial charge in [-0.05, 0) is 80.5 Å². The van der Waals surface area contributed by atoms with Crippen molar-refractivity contribution in [3.63, 3.8) is 0 Å². The molecule has 2 aromatic rings. The van der Waals surface area contributed by atoms with E-state index in [4.69, 9.17) is 23.2 Å². The highest BCUT2D eigenvalue weighted by molar-refractivity contribution is 9.09. The number of carbonyl (C=O) groups excluding carboxylic acids is 5. The van der Waals surface area contributed by atoms with Crippen LogP contribution in [0.1, 0.15) is 52.7 Å². The maximum absolute atomic E-state index is 14.1. The van der Waals surface area contributed by atoms with Crippen molar-refractivity contribution < 1.29 is 29.1 Å². The first kappa shape index (κ1) is 29.1. The first-order chi connectivity index (χ1) is 19.8. The average Bonchev–Trinajstić information content (AvgIpc) is 3.29. The van der Waals surface area contributed by atoms with Gasteiger partial charge in [0.15, 0.2) is 15.5 Å². The number of likely N-dealkylation sites (tertiary alicyclic amines) is 1. The number of halogens is 3. The lowest BCUT2D eigenvalue weighted by Gasteiger charge is -2.51. The van der Waals surface area contributed by atoms with E-state index in [1.807, 2.05) is 6.08 Å². The number of amides is 4. The topological polar surface area (TPSA) is 112 Å². The van der Waals surface area contributed by atoms with Crippen LogP contribution in [-0.4, -0.2) is 54.6 Å². The van der Waals surface area contributed by atoms with Crippen molar-refractivity contribution in [3.8, 4) is 5.75 Å². The number of phenols is 1. The van der Waals surface area contributed by atoms with E-state index >= 15 is 0 Å². The van der Waals surface area contributed by atoms with Crippen LogP contribution in [0.2, 0.25) is 0 Å². The number of benzene rings is 2. The molecule has 2 aliphatic heterocycles. The summed E-state index contributed by atoms with van der Waals surface area (Å²) in [7, 11) is 0. The molecule has 0 spiro atoms. The predicted octanol–water partition coefficient (Wildman–Crippen LogP) is 5.13. The lowest BCUT2D eigenvalue weighted by Crippen LogP contribution is -2.60. The third-order valence-electron chi connectivity index (χ3n) is 9.39. The molecule has 0 aromatic heterocycles. The minimum Gasteiger partial charge on any atom is -0.507 e. The molecule has 218 valence electrons. The molecule has 2 aliphatic carbocycles. The van der Waals surface area contributed by atoms with Gasteiger partial charge >= 0.3 is 0 Å². The van der Waals surface area contributed by atoms with Crippen molar-refractivity contribution in [2.75, 3.05) is 10.4 Å². The molecule has 0 bridgehead atoms. The highest BCUT2D eigenvalue weighted by Crippen LogP contribution is 2.65. The molecule has 1 N–H and O–H groups in total. The number of nitrogens with zero attached hydrogens (tertiary/aromatic N) is 2. The van der Waals surface area contributed by atoms with E-state index in [-0.39, 0.29) is 35.7 Å². The van der Waals surface area contributed by atoms with E-state index in [1.165, 1.54) is 6.92 Å².